The zero-order valence-corrected chi connectivity index (χ0v) is 16.9. The minimum absolute atomic E-state index is 0.245. The van der Waals surface area contributed by atoms with Crippen LogP contribution in [0.1, 0.15) is 28.4 Å². The molecule has 1 amide bonds. The predicted molar refractivity (Wildman–Crippen MR) is 112 cm³/mol. The van der Waals surface area contributed by atoms with Gasteiger partial charge in [0.15, 0.2) is 11.5 Å². The molecule has 0 saturated heterocycles. The summed E-state index contributed by atoms with van der Waals surface area (Å²) in [4.78, 5) is 12.2. The van der Waals surface area contributed by atoms with Gasteiger partial charge in [-0.25, -0.2) is 5.43 Å². The van der Waals surface area contributed by atoms with E-state index in [-0.39, 0.29) is 5.91 Å². The van der Waals surface area contributed by atoms with E-state index in [1.165, 1.54) is 0 Å². The van der Waals surface area contributed by atoms with Gasteiger partial charge in [0.05, 0.1) is 16.4 Å². The fourth-order valence-electron chi connectivity index (χ4n) is 2.26. The van der Waals surface area contributed by atoms with Crippen LogP contribution < -0.4 is 14.9 Å². The summed E-state index contributed by atoms with van der Waals surface area (Å²) in [6.07, 6.45) is 3.26. The van der Waals surface area contributed by atoms with Crippen molar-refractivity contribution >= 4 is 34.7 Å². The number of ether oxygens (including phenoxy) is 2. The summed E-state index contributed by atoms with van der Waals surface area (Å²) in [5.41, 5.74) is 4.85. The highest BCUT2D eigenvalue weighted by Gasteiger charge is 2.11. The van der Waals surface area contributed by atoms with E-state index in [2.05, 4.69) is 39.7 Å². The third-order valence-corrected chi connectivity index (χ3v) is 4.25. The topological polar surface area (TPSA) is 59.9 Å². The van der Waals surface area contributed by atoms with Crippen molar-refractivity contribution in [2.75, 3.05) is 13.2 Å². The molecule has 0 radical (unpaired) electrons. The predicted octanol–water partition coefficient (Wildman–Crippen LogP) is 4.33. The van der Waals surface area contributed by atoms with Crippen molar-refractivity contribution in [1.82, 2.24) is 5.43 Å². The first kappa shape index (κ1) is 20.0. The second kappa shape index (κ2) is 9.96. The van der Waals surface area contributed by atoms with Crippen LogP contribution in [0.3, 0.4) is 0 Å². The Labute approximate surface area is 167 Å². The molecule has 0 aliphatic carbocycles. The van der Waals surface area contributed by atoms with E-state index in [0.717, 1.165) is 14.7 Å². The first-order valence-corrected chi connectivity index (χ1v) is 9.23. The van der Waals surface area contributed by atoms with Gasteiger partial charge in [-0.3, -0.25) is 4.79 Å². The number of nitrogens with one attached hydrogen (secondary N) is 1. The van der Waals surface area contributed by atoms with E-state index in [0.29, 0.717) is 30.3 Å². The average Bonchev–Trinajstić information content (AvgIpc) is 2.61. The molecule has 5 nitrogen and oxygen atoms in total. The fraction of sp³-hybridized carbons (Fsp3) is 0.200. The fourth-order valence-corrected chi connectivity index (χ4v) is 3.04. The maximum atomic E-state index is 12.2. The van der Waals surface area contributed by atoms with Crippen LogP contribution in [0.25, 0.3) is 0 Å². The van der Waals surface area contributed by atoms with Gasteiger partial charge in [-0.1, -0.05) is 30.9 Å². The van der Waals surface area contributed by atoms with Gasteiger partial charge in [0, 0.05) is 5.56 Å². The minimum atomic E-state index is -0.245. The van der Waals surface area contributed by atoms with Gasteiger partial charge in [-0.2, -0.15) is 5.10 Å². The normalized spacial score (nSPS) is 10.6. The average molecular weight is 464 g/mol. The molecule has 26 heavy (non-hydrogen) atoms. The summed E-state index contributed by atoms with van der Waals surface area (Å²) in [5.74, 6) is 1.06. The molecule has 0 atom stereocenters. The molecule has 0 spiro atoms. The smallest absolute Gasteiger partial charge is 0.271 e. The van der Waals surface area contributed by atoms with Crippen molar-refractivity contribution in [2.24, 2.45) is 5.10 Å². The molecule has 0 aliphatic rings. The van der Waals surface area contributed by atoms with Crippen molar-refractivity contribution in [2.45, 2.75) is 13.8 Å². The lowest BCUT2D eigenvalue weighted by Crippen LogP contribution is -2.18. The Morgan fingerprint density at radius 3 is 2.77 bits per heavy atom. The molecule has 2 aromatic rings. The number of hydrogen-bond acceptors (Lipinski definition) is 4. The lowest BCUT2D eigenvalue weighted by molar-refractivity contribution is 0.0954. The van der Waals surface area contributed by atoms with Crippen molar-refractivity contribution < 1.29 is 14.3 Å². The molecule has 2 rings (SSSR count). The molecule has 2 aromatic carbocycles. The summed E-state index contributed by atoms with van der Waals surface area (Å²) in [6, 6.07) is 11.1. The minimum Gasteiger partial charge on any atom is -0.490 e. The maximum absolute atomic E-state index is 12.2. The van der Waals surface area contributed by atoms with Gasteiger partial charge < -0.3 is 9.47 Å². The van der Waals surface area contributed by atoms with Crippen LogP contribution in [0, 0.1) is 10.5 Å². The molecule has 0 saturated carbocycles. The Hall–Kier alpha value is -2.35. The summed E-state index contributed by atoms with van der Waals surface area (Å²) >= 11 is 2.18. The number of rotatable bonds is 8. The molecule has 0 bridgehead atoms. The van der Waals surface area contributed by atoms with Gasteiger partial charge in [0.1, 0.15) is 6.61 Å². The lowest BCUT2D eigenvalue weighted by atomic mass is 10.1. The number of aryl methyl sites for hydroxylation is 1. The Kier molecular flexibility index (Phi) is 7.65. The third-order valence-electron chi connectivity index (χ3n) is 3.45. The number of hydrogen-bond donors (Lipinski definition) is 1. The lowest BCUT2D eigenvalue weighted by Gasteiger charge is -2.13. The van der Waals surface area contributed by atoms with Crippen LogP contribution in [0.15, 0.2) is 54.2 Å². The highest BCUT2D eigenvalue weighted by molar-refractivity contribution is 14.1. The summed E-state index contributed by atoms with van der Waals surface area (Å²) < 4.78 is 12.2. The molecule has 0 aliphatic heterocycles. The van der Waals surface area contributed by atoms with Crippen molar-refractivity contribution in [3.05, 3.63) is 69.3 Å². The highest BCUT2D eigenvalue weighted by Crippen LogP contribution is 2.33. The largest absolute Gasteiger partial charge is 0.490 e. The first-order valence-electron chi connectivity index (χ1n) is 8.15. The summed E-state index contributed by atoms with van der Waals surface area (Å²) in [5, 5.41) is 4.05. The van der Waals surface area contributed by atoms with Crippen LogP contribution in [0.4, 0.5) is 0 Å². The van der Waals surface area contributed by atoms with Gasteiger partial charge in [-0.15, -0.1) is 0 Å². The second-order valence-corrected chi connectivity index (χ2v) is 6.54. The Morgan fingerprint density at radius 2 is 2.08 bits per heavy atom. The number of hydrazone groups is 1. The SMILES string of the molecule is C=CCOc1c(I)cc(/C=N\NC(=O)c2ccccc2C)cc1OCC. The van der Waals surface area contributed by atoms with E-state index in [1.807, 2.05) is 44.2 Å². The maximum Gasteiger partial charge on any atom is 0.271 e. The molecule has 6 heteroatoms. The van der Waals surface area contributed by atoms with Crippen molar-refractivity contribution in [1.29, 1.82) is 0 Å². The standard InChI is InChI=1S/C20H21IN2O3/c1-4-10-26-19-17(21)11-15(12-18(19)25-5-2)13-22-23-20(24)16-9-7-6-8-14(16)3/h4,6-9,11-13H,1,5,10H2,2-3H3,(H,23,24)/b22-13-. The first-order chi connectivity index (χ1) is 12.6. The van der Waals surface area contributed by atoms with E-state index >= 15 is 0 Å². The van der Waals surface area contributed by atoms with Crippen LogP contribution in [-0.2, 0) is 0 Å². The zero-order valence-electron chi connectivity index (χ0n) is 14.8. The van der Waals surface area contributed by atoms with Crippen LogP contribution >= 0.6 is 22.6 Å². The number of carbonyl (C=O) groups excluding carboxylic acids is 1. The summed E-state index contributed by atoms with van der Waals surface area (Å²) in [6.45, 7) is 8.37. The Bertz CT molecular complexity index is 819. The molecule has 0 unspecified atom stereocenters. The molecule has 136 valence electrons. The number of nitrogens with zero attached hydrogens (tertiary/aromatic N) is 1. The van der Waals surface area contributed by atoms with Crippen molar-refractivity contribution in [3.63, 3.8) is 0 Å². The number of carbonyl (C=O) groups is 1. The number of benzene rings is 2. The van der Waals surface area contributed by atoms with E-state index in [1.54, 1.807) is 18.4 Å². The van der Waals surface area contributed by atoms with Gasteiger partial charge in [-0.05, 0) is 65.8 Å². The van der Waals surface area contributed by atoms with E-state index in [4.69, 9.17) is 9.47 Å². The van der Waals surface area contributed by atoms with Crippen LogP contribution in [0.5, 0.6) is 11.5 Å². The van der Waals surface area contributed by atoms with Gasteiger partial charge in [0.25, 0.3) is 5.91 Å². The summed E-state index contributed by atoms with van der Waals surface area (Å²) in [7, 11) is 0. The van der Waals surface area contributed by atoms with Crippen LogP contribution in [0.2, 0.25) is 0 Å². The molecule has 0 aromatic heterocycles. The Morgan fingerprint density at radius 1 is 1.31 bits per heavy atom. The van der Waals surface area contributed by atoms with E-state index < -0.39 is 0 Å². The van der Waals surface area contributed by atoms with Gasteiger partial charge >= 0.3 is 0 Å². The second-order valence-electron chi connectivity index (χ2n) is 5.38. The Balaban J connectivity index is 2.15. The quantitative estimate of drug-likeness (QED) is 0.274. The monoisotopic (exact) mass is 464 g/mol. The molecule has 0 heterocycles. The molecule has 0 fully saturated rings. The van der Waals surface area contributed by atoms with E-state index in [9.17, 15) is 4.79 Å². The zero-order chi connectivity index (χ0) is 18.9. The number of halogens is 1. The van der Waals surface area contributed by atoms with Gasteiger partial charge in [0.2, 0.25) is 0 Å². The van der Waals surface area contributed by atoms with Crippen molar-refractivity contribution in [3.8, 4) is 11.5 Å². The van der Waals surface area contributed by atoms with Crippen LogP contribution in [-0.4, -0.2) is 25.3 Å². The number of amides is 1. The third kappa shape index (κ3) is 5.32. The highest BCUT2D eigenvalue weighted by atomic mass is 127. The molecule has 1 N–H and O–H groups in total. The molecular formula is C20H21IN2O3. The molecular weight excluding hydrogens is 443 g/mol.